The fourth-order valence-corrected chi connectivity index (χ4v) is 2.62. The molecule has 4 nitrogen and oxygen atoms in total. The molecule has 1 saturated heterocycles. The summed E-state index contributed by atoms with van der Waals surface area (Å²) >= 11 is 1.66. The molecular weight excluding hydrogens is 236 g/mol. The zero-order chi connectivity index (χ0) is 12.3. The number of thiophene rings is 1. The number of ether oxygens (including phenoxy) is 1. The number of amides is 2. The molecule has 1 N–H and O–H groups in total. The smallest absolute Gasteiger partial charge is 0.318 e. The van der Waals surface area contributed by atoms with Crippen molar-refractivity contribution in [2.24, 2.45) is 0 Å². The van der Waals surface area contributed by atoms with Crippen molar-refractivity contribution in [3.63, 3.8) is 0 Å². The second kappa shape index (κ2) is 5.51. The molecule has 2 rings (SSSR count). The van der Waals surface area contributed by atoms with Crippen molar-refractivity contribution in [1.82, 2.24) is 10.2 Å². The number of urea groups is 1. The molecule has 17 heavy (non-hydrogen) atoms. The molecule has 5 heteroatoms. The number of hydrogen-bond donors (Lipinski definition) is 1. The number of morpholine rings is 1. The van der Waals surface area contributed by atoms with Crippen LogP contribution < -0.4 is 5.32 Å². The van der Waals surface area contributed by atoms with Gasteiger partial charge >= 0.3 is 6.03 Å². The maximum absolute atomic E-state index is 12.0. The number of nitrogens with one attached hydrogen (secondary N) is 1. The Morgan fingerprint density at radius 2 is 2.53 bits per heavy atom. The summed E-state index contributed by atoms with van der Waals surface area (Å²) < 4.78 is 5.42. The van der Waals surface area contributed by atoms with Gasteiger partial charge in [0.2, 0.25) is 0 Å². The Balaban J connectivity index is 1.88. The maximum atomic E-state index is 12.0. The fraction of sp³-hybridized carbons (Fsp3) is 0.583. The fourth-order valence-electron chi connectivity index (χ4n) is 1.89. The van der Waals surface area contributed by atoms with Gasteiger partial charge in [0.1, 0.15) is 0 Å². The van der Waals surface area contributed by atoms with Crippen LogP contribution in [-0.4, -0.2) is 36.7 Å². The third kappa shape index (κ3) is 3.20. The van der Waals surface area contributed by atoms with Gasteiger partial charge in [-0.05, 0) is 25.3 Å². The molecule has 2 amide bonds. The highest BCUT2D eigenvalue weighted by atomic mass is 32.1. The molecule has 0 bridgehead atoms. The second-order valence-electron chi connectivity index (χ2n) is 4.31. The van der Waals surface area contributed by atoms with E-state index in [4.69, 9.17) is 4.74 Å². The minimum atomic E-state index is 0.000972. The first kappa shape index (κ1) is 12.4. The molecular formula is C12H18N2O2S. The molecule has 0 saturated carbocycles. The lowest BCUT2D eigenvalue weighted by Gasteiger charge is -2.32. The van der Waals surface area contributed by atoms with Crippen LogP contribution in [-0.2, 0) is 4.74 Å². The summed E-state index contributed by atoms with van der Waals surface area (Å²) in [5.74, 6) is 0. The lowest BCUT2D eigenvalue weighted by Crippen LogP contribution is -2.49. The van der Waals surface area contributed by atoms with Crippen LogP contribution in [0.15, 0.2) is 17.5 Å². The molecule has 1 aromatic heterocycles. The largest absolute Gasteiger partial charge is 0.375 e. The zero-order valence-electron chi connectivity index (χ0n) is 10.2. The van der Waals surface area contributed by atoms with Gasteiger partial charge in [0.25, 0.3) is 0 Å². The van der Waals surface area contributed by atoms with Crippen molar-refractivity contribution in [3.05, 3.63) is 22.4 Å². The maximum Gasteiger partial charge on any atom is 0.318 e. The van der Waals surface area contributed by atoms with Gasteiger partial charge in [-0.15, -0.1) is 11.3 Å². The Morgan fingerprint density at radius 3 is 3.18 bits per heavy atom. The normalized spacial score (nSPS) is 22.2. The van der Waals surface area contributed by atoms with Crippen LogP contribution in [0.25, 0.3) is 0 Å². The average Bonchev–Trinajstić information content (AvgIpc) is 2.82. The van der Waals surface area contributed by atoms with E-state index >= 15 is 0 Å². The van der Waals surface area contributed by atoms with Crippen LogP contribution in [0.2, 0.25) is 0 Å². The van der Waals surface area contributed by atoms with Gasteiger partial charge in [0.15, 0.2) is 0 Å². The third-order valence-electron chi connectivity index (χ3n) is 2.84. The van der Waals surface area contributed by atoms with Crippen LogP contribution in [0.3, 0.4) is 0 Å². The van der Waals surface area contributed by atoms with Crippen molar-refractivity contribution >= 4 is 17.4 Å². The molecule has 0 radical (unpaired) electrons. The van der Waals surface area contributed by atoms with E-state index in [0.29, 0.717) is 19.7 Å². The lowest BCUT2D eigenvalue weighted by molar-refractivity contribution is -0.00379. The van der Waals surface area contributed by atoms with E-state index in [9.17, 15) is 4.79 Å². The summed E-state index contributed by atoms with van der Waals surface area (Å²) in [5.41, 5.74) is 0. The first-order valence-electron chi connectivity index (χ1n) is 5.87. The van der Waals surface area contributed by atoms with Crippen molar-refractivity contribution in [2.45, 2.75) is 26.0 Å². The standard InChI is InChI=1S/C12H18N2O2S/c1-9-8-14(5-6-16-9)12(15)13-10(2)11-4-3-7-17-11/h3-4,7,9-10H,5-6,8H2,1-2H3,(H,13,15)/t9-,10-/m0/s1. The number of carbonyl (C=O) groups is 1. The summed E-state index contributed by atoms with van der Waals surface area (Å²) in [7, 11) is 0. The van der Waals surface area contributed by atoms with Crippen LogP contribution in [0, 0.1) is 0 Å². The van der Waals surface area contributed by atoms with Gasteiger partial charge < -0.3 is 15.0 Å². The average molecular weight is 254 g/mol. The van der Waals surface area contributed by atoms with Gasteiger partial charge in [-0.25, -0.2) is 4.79 Å². The first-order valence-corrected chi connectivity index (χ1v) is 6.75. The van der Waals surface area contributed by atoms with E-state index in [2.05, 4.69) is 5.32 Å². The first-order chi connectivity index (χ1) is 8.16. The Labute approximate surface area is 106 Å². The molecule has 94 valence electrons. The van der Waals surface area contributed by atoms with E-state index in [0.717, 1.165) is 0 Å². The van der Waals surface area contributed by atoms with Crippen LogP contribution >= 0.6 is 11.3 Å². The molecule has 0 spiro atoms. The van der Waals surface area contributed by atoms with Gasteiger partial charge in [0, 0.05) is 18.0 Å². The van der Waals surface area contributed by atoms with Gasteiger partial charge in [0.05, 0.1) is 18.8 Å². The molecule has 1 aromatic rings. The highest BCUT2D eigenvalue weighted by Gasteiger charge is 2.22. The van der Waals surface area contributed by atoms with E-state index < -0.39 is 0 Å². The van der Waals surface area contributed by atoms with Crippen LogP contribution in [0.5, 0.6) is 0 Å². The topological polar surface area (TPSA) is 41.6 Å². The molecule has 1 aliphatic rings. The quantitative estimate of drug-likeness (QED) is 0.879. The van der Waals surface area contributed by atoms with E-state index in [-0.39, 0.29) is 18.2 Å². The van der Waals surface area contributed by atoms with Crippen LogP contribution in [0.4, 0.5) is 4.79 Å². The van der Waals surface area contributed by atoms with Gasteiger partial charge in [-0.3, -0.25) is 0 Å². The number of hydrogen-bond acceptors (Lipinski definition) is 3. The van der Waals surface area contributed by atoms with Crippen molar-refractivity contribution in [1.29, 1.82) is 0 Å². The number of carbonyl (C=O) groups excluding carboxylic acids is 1. The van der Waals surface area contributed by atoms with Crippen molar-refractivity contribution in [2.75, 3.05) is 19.7 Å². The van der Waals surface area contributed by atoms with Crippen molar-refractivity contribution in [3.8, 4) is 0 Å². The lowest BCUT2D eigenvalue weighted by atomic mass is 10.2. The van der Waals surface area contributed by atoms with E-state index in [1.54, 1.807) is 11.3 Å². The van der Waals surface area contributed by atoms with Crippen molar-refractivity contribution < 1.29 is 9.53 Å². The van der Waals surface area contributed by atoms with Gasteiger partial charge in [-0.2, -0.15) is 0 Å². The second-order valence-corrected chi connectivity index (χ2v) is 5.29. The van der Waals surface area contributed by atoms with E-state index in [1.807, 2.05) is 36.3 Å². The molecule has 0 aromatic carbocycles. The minimum Gasteiger partial charge on any atom is -0.375 e. The molecule has 1 fully saturated rings. The number of nitrogens with zero attached hydrogens (tertiary/aromatic N) is 1. The Bertz CT molecular complexity index is 367. The molecule has 2 heterocycles. The molecule has 1 aliphatic heterocycles. The Morgan fingerprint density at radius 1 is 1.71 bits per heavy atom. The predicted molar refractivity (Wildman–Crippen MR) is 68.3 cm³/mol. The van der Waals surface area contributed by atoms with Crippen LogP contribution in [0.1, 0.15) is 24.8 Å². The minimum absolute atomic E-state index is 0.000972. The summed E-state index contributed by atoms with van der Waals surface area (Å²) in [5, 5.41) is 5.04. The highest BCUT2D eigenvalue weighted by Crippen LogP contribution is 2.18. The highest BCUT2D eigenvalue weighted by molar-refractivity contribution is 7.10. The zero-order valence-corrected chi connectivity index (χ0v) is 11.0. The Hall–Kier alpha value is -1.07. The molecule has 0 aliphatic carbocycles. The summed E-state index contributed by atoms with van der Waals surface area (Å²) in [6.07, 6.45) is 0.131. The molecule has 0 unspecified atom stereocenters. The summed E-state index contributed by atoms with van der Waals surface area (Å²) in [4.78, 5) is 15.0. The summed E-state index contributed by atoms with van der Waals surface area (Å²) in [6, 6.07) is 4.11. The molecule has 2 atom stereocenters. The SMILES string of the molecule is C[C@H](NC(=O)N1CCO[C@@H](C)C1)c1cccs1. The monoisotopic (exact) mass is 254 g/mol. The predicted octanol–water partition coefficient (Wildman–Crippen LogP) is 2.24. The summed E-state index contributed by atoms with van der Waals surface area (Å²) in [6.45, 7) is 5.97. The van der Waals surface area contributed by atoms with E-state index in [1.165, 1.54) is 4.88 Å². The third-order valence-corrected chi connectivity index (χ3v) is 3.89. The van der Waals surface area contributed by atoms with Gasteiger partial charge in [-0.1, -0.05) is 6.07 Å². The number of rotatable bonds is 2. The Kier molecular flexibility index (Phi) is 4.02.